The molecule has 0 saturated carbocycles. The molecule has 0 rings (SSSR count). The van der Waals surface area contributed by atoms with Crippen molar-refractivity contribution < 1.29 is 19.8 Å². The smallest absolute Gasteiger partial charge is 0.326 e. The number of aliphatic hydroxyl groups excluding tert-OH is 1. The monoisotopic (exact) mass is 219 g/mol. The summed E-state index contributed by atoms with van der Waals surface area (Å²) in [7, 11) is 0. The highest BCUT2D eigenvalue weighted by atomic mass is 16.4. The summed E-state index contributed by atoms with van der Waals surface area (Å²) in [5.74, 6) is -1.17. The van der Waals surface area contributed by atoms with E-state index >= 15 is 0 Å². The Bertz CT molecular complexity index is 210. The van der Waals surface area contributed by atoms with Gasteiger partial charge in [-0.3, -0.25) is 0 Å². The molecular formula is C8H17N3O4. The summed E-state index contributed by atoms with van der Waals surface area (Å²) < 4.78 is 0. The van der Waals surface area contributed by atoms with Crippen molar-refractivity contribution in [1.82, 2.24) is 10.6 Å². The molecule has 15 heavy (non-hydrogen) atoms. The number of hydrogen-bond donors (Lipinski definition) is 5. The predicted molar refractivity (Wildman–Crippen MR) is 53.3 cm³/mol. The zero-order valence-electron chi connectivity index (χ0n) is 8.40. The zero-order valence-corrected chi connectivity index (χ0v) is 8.40. The zero-order chi connectivity index (χ0) is 11.7. The van der Waals surface area contributed by atoms with Gasteiger partial charge in [0.05, 0.1) is 0 Å². The number of nitrogens with two attached hydrogens (primary N) is 1. The van der Waals surface area contributed by atoms with E-state index in [0.717, 1.165) is 0 Å². The second kappa shape index (κ2) is 8.01. The van der Waals surface area contributed by atoms with Gasteiger partial charge in [-0.1, -0.05) is 0 Å². The number of nitrogens with one attached hydrogen (secondary N) is 2. The van der Waals surface area contributed by atoms with E-state index in [0.29, 0.717) is 19.5 Å². The molecule has 1 atom stereocenters. The van der Waals surface area contributed by atoms with Gasteiger partial charge in [-0.2, -0.15) is 0 Å². The minimum Gasteiger partial charge on any atom is -0.480 e. The van der Waals surface area contributed by atoms with Crippen molar-refractivity contribution >= 4 is 12.0 Å². The number of carboxylic acids is 1. The van der Waals surface area contributed by atoms with Gasteiger partial charge in [-0.15, -0.1) is 0 Å². The first-order valence-electron chi connectivity index (χ1n) is 4.70. The van der Waals surface area contributed by atoms with Gasteiger partial charge in [-0.05, 0) is 13.0 Å². The van der Waals surface area contributed by atoms with E-state index in [9.17, 15) is 9.59 Å². The van der Waals surface area contributed by atoms with Crippen LogP contribution in [0.1, 0.15) is 12.8 Å². The maximum Gasteiger partial charge on any atom is 0.326 e. The predicted octanol–water partition coefficient (Wildman–Crippen LogP) is -1.53. The minimum absolute atomic E-state index is 0.0142. The van der Waals surface area contributed by atoms with E-state index in [2.05, 4.69) is 10.6 Å². The summed E-state index contributed by atoms with van der Waals surface area (Å²) >= 11 is 0. The molecule has 0 saturated heterocycles. The molecule has 0 aliphatic heterocycles. The first-order chi connectivity index (χ1) is 7.11. The van der Waals surface area contributed by atoms with Crippen LogP contribution in [0.2, 0.25) is 0 Å². The van der Waals surface area contributed by atoms with Crippen LogP contribution in [-0.2, 0) is 4.79 Å². The SMILES string of the molecule is NCCCNC(=O)NC(CCO)C(=O)O. The lowest BCUT2D eigenvalue weighted by Crippen LogP contribution is -2.46. The Balaban J connectivity index is 3.84. The van der Waals surface area contributed by atoms with Crippen LogP contribution in [0.3, 0.4) is 0 Å². The lowest BCUT2D eigenvalue weighted by Gasteiger charge is -2.13. The van der Waals surface area contributed by atoms with Crippen molar-refractivity contribution in [2.75, 3.05) is 19.7 Å². The summed E-state index contributed by atoms with van der Waals surface area (Å²) in [6.07, 6.45) is 0.616. The first-order valence-corrected chi connectivity index (χ1v) is 4.70. The van der Waals surface area contributed by atoms with Crippen molar-refractivity contribution in [3.8, 4) is 0 Å². The van der Waals surface area contributed by atoms with E-state index in [1.807, 2.05) is 0 Å². The van der Waals surface area contributed by atoms with Gasteiger partial charge in [0.25, 0.3) is 0 Å². The molecule has 7 heteroatoms. The van der Waals surface area contributed by atoms with Crippen LogP contribution < -0.4 is 16.4 Å². The lowest BCUT2D eigenvalue weighted by atomic mass is 10.2. The van der Waals surface area contributed by atoms with Gasteiger partial charge < -0.3 is 26.6 Å². The number of carboxylic acid groups (broad SMARTS) is 1. The molecule has 0 aliphatic carbocycles. The van der Waals surface area contributed by atoms with Gasteiger partial charge in [0.2, 0.25) is 0 Å². The fraction of sp³-hybridized carbons (Fsp3) is 0.750. The average Bonchev–Trinajstić information content (AvgIpc) is 2.17. The van der Waals surface area contributed by atoms with Crippen LogP contribution >= 0.6 is 0 Å². The number of amides is 2. The van der Waals surface area contributed by atoms with E-state index in [1.165, 1.54) is 0 Å². The van der Waals surface area contributed by atoms with Crippen LogP contribution in [0.15, 0.2) is 0 Å². The second-order valence-electron chi connectivity index (χ2n) is 2.95. The molecule has 0 spiro atoms. The Morgan fingerprint density at radius 1 is 1.40 bits per heavy atom. The average molecular weight is 219 g/mol. The molecule has 0 fully saturated rings. The fourth-order valence-corrected chi connectivity index (χ4v) is 0.900. The van der Waals surface area contributed by atoms with E-state index in [4.69, 9.17) is 15.9 Å². The highest BCUT2D eigenvalue weighted by Crippen LogP contribution is 1.90. The van der Waals surface area contributed by atoms with Crippen LogP contribution in [0.4, 0.5) is 4.79 Å². The number of urea groups is 1. The van der Waals surface area contributed by atoms with Crippen LogP contribution in [0, 0.1) is 0 Å². The summed E-state index contributed by atoms with van der Waals surface area (Å²) in [5, 5.41) is 21.9. The number of hydrogen-bond acceptors (Lipinski definition) is 4. The number of aliphatic hydroxyl groups is 1. The molecule has 88 valence electrons. The summed E-state index contributed by atoms with van der Waals surface area (Å²) in [6.45, 7) is 0.563. The van der Waals surface area contributed by atoms with Gasteiger partial charge in [0.1, 0.15) is 6.04 Å². The van der Waals surface area contributed by atoms with Crippen LogP contribution in [0.25, 0.3) is 0 Å². The van der Waals surface area contributed by atoms with Crippen molar-refractivity contribution in [3.05, 3.63) is 0 Å². The summed E-state index contributed by atoms with van der Waals surface area (Å²) in [5.41, 5.74) is 5.21. The number of aliphatic carboxylic acids is 1. The molecule has 0 aromatic carbocycles. The second-order valence-corrected chi connectivity index (χ2v) is 2.95. The summed E-state index contributed by atoms with van der Waals surface area (Å²) in [6, 6.07) is -1.63. The highest BCUT2D eigenvalue weighted by molar-refractivity contribution is 5.82. The Labute approximate surface area is 87.6 Å². The molecule has 6 N–H and O–H groups in total. The van der Waals surface area contributed by atoms with Gasteiger partial charge in [0.15, 0.2) is 0 Å². The highest BCUT2D eigenvalue weighted by Gasteiger charge is 2.18. The third-order valence-electron chi connectivity index (χ3n) is 1.69. The normalized spacial score (nSPS) is 11.9. The fourth-order valence-electron chi connectivity index (χ4n) is 0.900. The van der Waals surface area contributed by atoms with E-state index in [-0.39, 0.29) is 13.0 Å². The molecule has 0 heterocycles. The molecule has 0 aliphatic rings. The van der Waals surface area contributed by atoms with Crippen molar-refractivity contribution in [2.24, 2.45) is 5.73 Å². The number of rotatable bonds is 7. The van der Waals surface area contributed by atoms with Gasteiger partial charge in [0, 0.05) is 19.6 Å². The molecule has 0 bridgehead atoms. The van der Waals surface area contributed by atoms with Crippen molar-refractivity contribution in [3.63, 3.8) is 0 Å². The Hall–Kier alpha value is -1.34. The molecule has 7 nitrogen and oxygen atoms in total. The summed E-state index contributed by atoms with van der Waals surface area (Å²) in [4.78, 5) is 21.7. The third-order valence-corrected chi connectivity index (χ3v) is 1.69. The molecule has 0 radical (unpaired) electrons. The molecule has 2 amide bonds. The third kappa shape index (κ3) is 6.69. The first kappa shape index (κ1) is 13.7. The minimum atomic E-state index is -1.17. The molecule has 0 aromatic heterocycles. The number of carbonyl (C=O) groups is 2. The topological polar surface area (TPSA) is 125 Å². The van der Waals surface area contributed by atoms with E-state index in [1.54, 1.807) is 0 Å². The van der Waals surface area contributed by atoms with Crippen molar-refractivity contribution in [2.45, 2.75) is 18.9 Å². The van der Waals surface area contributed by atoms with Gasteiger partial charge in [-0.25, -0.2) is 9.59 Å². The largest absolute Gasteiger partial charge is 0.480 e. The quantitative estimate of drug-likeness (QED) is 0.332. The molecule has 1 unspecified atom stereocenters. The molecule has 0 aromatic rings. The standard InChI is InChI=1S/C8H17N3O4/c9-3-1-4-10-8(15)11-6(2-5-12)7(13)14/h6,12H,1-5,9H2,(H,13,14)(H2,10,11,15). The maximum atomic E-state index is 11.1. The number of carbonyl (C=O) groups excluding carboxylic acids is 1. The van der Waals surface area contributed by atoms with Crippen LogP contribution in [0.5, 0.6) is 0 Å². The molecular weight excluding hydrogens is 202 g/mol. The van der Waals surface area contributed by atoms with Gasteiger partial charge >= 0.3 is 12.0 Å². The maximum absolute atomic E-state index is 11.1. The lowest BCUT2D eigenvalue weighted by molar-refractivity contribution is -0.139. The van der Waals surface area contributed by atoms with Crippen molar-refractivity contribution in [1.29, 1.82) is 0 Å². The van der Waals surface area contributed by atoms with Crippen LogP contribution in [-0.4, -0.2) is 48.0 Å². The van der Waals surface area contributed by atoms with E-state index < -0.39 is 18.0 Å². The Kier molecular flexibility index (Phi) is 7.29. The Morgan fingerprint density at radius 2 is 2.07 bits per heavy atom. The Morgan fingerprint density at radius 3 is 2.53 bits per heavy atom.